The fourth-order valence-corrected chi connectivity index (χ4v) is 2.03. The zero-order chi connectivity index (χ0) is 9.46. The fourth-order valence-electron chi connectivity index (χ4n) is 0.578. The Morgan fingerprint density at radius 3 is 1.50 bits per heavy atom. The predicted octanol–water partition coefficient (Wildman–Crippen LogP) is 5.20. The number of hydrogen-bond acceptors (Lipinski definition) is 0. The summed E-state index contributed by atoms with van der Waals surface area (Å²) in [6.45, 7) is 0. The van der Waals surface area contributed by atoms with Crippen molar-refractivity contribution in [2.45, 2.75) is 0 Å². The van der Waals surface area contributed by atoms with Gasteiger partial charge in [-0.2, -0.15) is 0 Å². The van der Waals surface area contributed by atoms with Crippen LogP contribution in [-0.2, 0) is 0 Å². The van der Waals surface area contributed by atoms with Crippen LogP contribution in [0.1, 0.15) is 0 Å². The zero-order valence-electron chi connectivity index (χ0n) is 5.27. The van der Waals surface area contributed by atoms with Crippen LogP contribution in [0.25, 0.3) is 0 Å². The van der Waals surface area contributed by atoms with Crippen LogP contribution in [0.5, 0.6) is 0 Å². The minimum absolute atomic E-state index is 0.0172. The normalized spacial score (nSPS) is 10.5. The largest absolute Gasteiger partial charge is 0.204 e. The molecule has 0 saturated carbocycles. The van der Waals surface area contributed by atoms with Crippen molar-refractivity contribution in [3.8, 4) is 0 Å². The van der Waals surface area contributed by atoms with Crippen molar-refractivity contribution < 1.29 is 4.39 Å². The Kier molecular flexibility index (Phi) is 3.52. The maximum atomic E-state index is 13.0. The van der Waals surface area contributed by atoms with Crippen molar-refractivity contribution in [1.29, 1.82) is 0 Å². The quantitative estimate of drug-likeness (QED) is 0.456. The van der Waals surface area contributed by atoms with Crippen LogP contribution in [0.4, 0.5) is 4.39 Å². The number of halogens is 6. The van der Waals surface area contributed by atoms with Crippen LogP contribution in [0.15, 0.2) is 4.47 Å². The van der Waals surface area contributed by atoms with E-state index in [1.165, 1.54) is 0 Å². The molecule has 6 heteroatoms. The van der Waals surface area contributed by atoms with E-state index in [0.29, 0.717) is 4.47 Å². The van der Waals surface area contributed by atoms with Gasteiger partial charge in [0.05, 0.1) is 24.6 Å². The molecule has 0 nitrogen and oxygen atoms in total. The maximum Gasteiger partial charge on any atom is 0.163 e. The molecule has 0 fully saturated rings. The third kappa shape index (κ3) is 1.68. The molecule has 0 aliphatic heterocycles. The molecule has 0 unspecified atom stereocenters. The van der Waals surface area contributed by atoms with Gasteiger partial charge in [-0.05, 0) is 15.9 Å². The van der Waals surface area contributed by atoms with Gasteiger partial charge in [0.15, 0.2) is 5.82 Å². The number of benzene rings is 1. The Balaban J connectivity index is 3.60. The van der Waals surface area contributed by atoms with Gasteiger partial charge in [-0.15, -0.1) is 0 Å². The van der Waals surface area contributed by atoms with Crippen molar-refractivity contribution in [2.75, 3.05) is 0 Å². The average molecular weight is 313 g/mol. The lowest BCUT2D eigenvalue weighted by Gasteiger charge is -2.05. The molecule has 0 aliphatic carbocycles. The molecule has 0 bridgehead atoms. The van der Waals surface area contributed by atoms with Crippen molar-refractivity contribution in [3.63, 3.8) is 0 Å². The lowest BCUT2D eigenvalue weighted by Crippen LogP contribution is -1.84. The molecule has 66 valence electrons. The maximum absolute atomic E-state index is 13.0. The van der Waals surface area contributed by atoms with Gasteiger partial charge in [-0.25, -0.2) is 4.39 Å². The lowest BCUT2D eigenvalue weighted by molar-refractivity contribution is 0.628. The molecule has 1 aromatic carbocycles. The van der Waals surface area contributed by atoms with Crippen molar-refractivity contribution >= 4 is 62.3 Å². The molecule has 0 atom stereocenters. The third-order valence-corrected chi connectivity index (χ3v) is 4.06. The van der Waals surface area contributed by atoms with Gasteiger partial charge in [0.1, 0.15) is 0 Å². The monoisotopic (exact) mass is 310 g/mol. The van der Waals surface area contributed by atoms with E-state index in [2.05, 4.69) is 15.9 Å². The van der Waals surface area contributed by atoms with Crippen molar-refractivity contribution in [1.82, 2.24) is 0 Å². The van der Waals surface area contributed by atoms with E-state index in [1.807, 2.05) is 0 Å². The first-order chi connectivity index (χ1) is 5.46. The molecule has 0 saturated heterocycles. The van der Waals surface area contributed by atoms with Crippen LogP contribution in [0.2, 0.25) is 20.1 Å². The first-order valence-corrected chi connectivity index (χ1v) is 4.94. The summed E-state index contributed by atoms with van der Waals surface area (Å²) in [6, 6.07) is 0. The third-order valence-electron chi connectivity index (χ3n) is 1.16. The smallest absolute Gasteiger partial charge is 0.163 e. The molecule has 0 aliphatic rings. The zero-order valence-corrected chi connectivity index (χ0v) is 9.88. The second-order valence-corrected chi connectivity index (χ2v) is 4.19. The van der Waals surface area contributed by atoms with E-state index in [9.17, 15) is 4.39 Å². The topological polar surface area (TPSA) is 0 Å². The second kappa shape index (κ2) is 3.89. The summed E-state index contributed by atoms with van der Waals surface area (Å²) in [7, 11) is 0. The summed E-state index contributed by atoms with van der Waals surface area (Å²) < 4.78 is 13.3. The highest BCUT2D eigenvalue weighted by molar-refractivity contribution is 9.10. The minimum Gasteiger partial charge on any atom is -0.204 e. The predicted molar refractivity (Wildman–Crippen MR) is 54.1 cm³/mol. The van der Waals surface area contributed by atoms with E-state index in [0.717, 1.165) is 0 Å². The van der Waals surface area contributed by atoms with Gasteiger partial charge in [-0.3, -0.25) is 0 Å². The molecular weight excluding hydrogens is 313 g/mol. The molecule has 0 heterocycles. The summed E-state index contributed by atoms with van der Waals surface area (Å²) in [5, 5.41) is -0.442. The van der Waals surface area contributed by atoms with Gasteiger partial charge in [0.25, 0.3) is 0 Å². The van der Waals surface area contributed by atoms with Crippen LogP contribution in [-0.4, -0.2) is 0 Å². The molecule has 0 aromatic heterocycles. The standard InChI is InChI=1S/C6BrCl4F/c7-1-2(8)4(10)6(12)5(11)3(1)9. The summed E-state index contributed by atoms with van der Waals surface area (Å²) in [4.78, 5) is 0. The van der Waals surface area contributed by atoms with E-state index >= 15 is 0 Å². The van der Waals surface area contributed by atoms with Crippen molar-refractivity contribution in [2.24, 2.45) is 0 Å². The number of hydrogen-bond donors (Lipinski definition) is 0. The van der Waals surface area contributed by atoms with E-state index in [4.69, 9.17) is 46.4 Å². The van der Waals surface area contributed by atoms with Gasteiger partial charge in [0, 0.05) is 0 Å². The lowest BCUT2D eigenvalue weighted by atomic mass is 10.3. The van der Waals surface area contributed by atoms with Crippen molar-refractivity contribution in [3.05, 3.63) is 30.4 Å². The first kappa shape index (κ1) is 10.9. The molecule has 0 amide bonds. The minimum atomic E-state index is -0.809. The molecular formula is C6BrCl4F. The van der Waals surface area contributed by atoms with Crippen LogP contribution in [0.3, 0.4) is 0 Å². The Labute approximate surface area is 96.7 Å². The Bertz CT molecular complexity index is 234. The average Bonchev–Trinajstić information content (AvgIpc) is 2.08. The van der Waals surface area contributed by atoms with E-state index in [-0.39, 0.29) is 20.1 Å². The molecule has 0 spiro atoms. The highest BCUT2D eigenvalue weighted by atomic mass is 79.9. The molecule has 12 heavy (non-hydrogen) atoms. The Morgan fingerprint density at radius 2 is 1.17 bits per heavy atom. The summed E-state index contributed by atoms with van der Waals surface area (Å²) in [5.41, 5.74) is 0. The summed E-state index contributed by atoms with van der Waals surface area (Å²) in [5.74, 6) is -0.809. The summed E-state index contributed by atoms with van der Waals surface area (Å²) in [6.07, 6.45) is 0. The molecule has 0 N–H and O–H groups in total. The van der Waals surface area contributed by atoms with Crippen LogP contribution < -0.4 is 0 Å². The van der Waals surface area contributed by atoms with Gasteiger partial charge < -0.3 is 0 Å². The first-order valence-electron chi connectivity index (χ1n) is 2.63. The Morgan fingerprint density at radius 1 is 0.833 bits per heavy atom. The van der Waals surface area contributed by atoms with Crippen LogP contribution in [0, 0.1) is 5.82 Å². The second-order valence-electron chi connectivity index (χ2n) is 1.88. The molecule has 1 rings (SSSR count). The number of rotatable bonds is 0. The fraction of sp³-hybridized carbons (Fsp3) is 0. The van der Waals surface area contributed by atoms with Gasteiger partial charge in [-0.1, -0.05) is 46.4 Å². The molecule has 1 aromatic rings. The van der Waals surface area contributed by atoms with Gasteiger partial charge >= 0.3 is 0 Å². The van der Waals surface area contributed by atoms with Gasteiger partial charge in [0.2, 0.25) is 0 Å². The van der Waals surface area contributed by atoms with E-state index in [1.54, 1.807) is 0 Å². The SMILES string of the molecule is Fc1c(Cl)c(Cl)c(Br)c(Cl)c1Cl. The van der Waals surface area contributed by atoms with Crippen LogP contribution >= 0.6 is 62.3 Å². The highest BCUT2D eigenvalue weighted by Gasteiger charge is 2.18. The summed E-state index contributed by atoms with van der Waals surface area (Å²) >= 11 is 25.2. The Hall–Kier alpha value is 0.790. The highest BCUT2D eigenvalue weighted by Crippen LogP contribution is 2.42. The molecule has 0 radical (unpaired) electrons. The van der Waals surface area contributed by atoms with E-state index < -0.39 is 5.82 Å².